The number of hydrogen-bond acceptors (Lipinski definition) is 3. The number of halogens is 1. The molecular weight excluding hydrogens is 341 g/mol. The molecule has 2 aromatic carbocycles. The lowest BCUT2D eigenvalue weighted by Gasteiger charge is -2.44. The fourth-order valence-corrected chi connectivity index (χ4v) is 4.60. The molecule has 0 radical (unpaired) electrons. The van der Waals surface area contributed by atoms with Crippen molar-refractivity contribution < 1.29 is 14.2 Å². The maximum atomic E-state index is 13.2. The van der Waals surface area contributed by atoms with Crippen LogP contribution in [-0.4, -0.2) is 28.7 Å². The number of hydrogen-bond donors (Lipinski definition) is 1. The van der Waals surface area contributed by atoms with Crippen LogP contribution in [0.1, 0.15) is 36.8 Å². The van der Waals surface area contributed by atoms with E-state index in [2.05, 4.69) is 23.0 Å². The summed E-state index contributed by atoms with van der Waals surface area (Å²) in [6.45, 7) is 1.14. The lowest BCUT2D eigenvalue weighted by Crippen LogP contribution is -2.49. The van der Waals surface area contributed by atoms with Gasteiger partial charge in [0.15, 0.2) is 0 Å². The number of benzene rings is 2. The molecule has 4 rings (SSSR count). The molecule has 2 bridgehead atoms. The molecule has 0 aromatic heterocycles. The SMILES string of the molecule is C#CCOc1ccc(CN2C3CCC2CC(O)(c2ccc(F)cc2)C3)cc1. The van der Waals surface area contributed by atoms with Crippen LogP contribution in [-0.2, 0) is 12.1 Å². The first-order valence-electron chi connectivity index (χ1n) is 9.47. The summed E-state index contributed by atoms with van der Waals surface area (Å²) < 4.78 is 18.7. The number of nitrogens with zero attached hydrogens (tertiary/aromatic N) is 1. The van der Waals surface area contributed by atoms with E-state index in [1.54, 1.807) is 12.1 Å². The van der Waals surface area contributed by atoms with Crippen molar-refractivity contribution in [1.82, 2.24) is 4.90 Å². The van der Waals surface area contributed by atoms with Gasteiger partial charge in [-0.15, -0.1) is 6.42 Å². The van der Waals surface area contributed by atoms with Gasteiger partial charge in [0.2, 0.25) is 0 Å². The zero-order valence-electron chi connectivity index (χ0n) is 15.3. The van der Waals surface area contributed by atoms with Gasteiger partial charge >= 0.3 is 0 Å². The second-order valence-electron chi connectivity index (χ2n) is 7.64. The Morgan fingerprint density at radius 2 is 1.70 bits per heavy atom. The van der Waals surface area contributed by atoms with E-state index in [-0.39, 0.29) is 12.4 Å². The first-order chi connectivity index (χ1) is 13.1. The topological polar surface area (TPSA) is 32.7 Å². The van der Waals surface area contributed by atoms with Crippen LogP contribution in [0, 0.1) is 18.2 Å². The molecule has 2 fully saturated rings. The normalized spacial score (nSPS) is 27.3. The monoisotopic (exact) mass is 365 g/mol. The lowest BCUT2D eigenvalue weighted by atomic mass is 9.80. The summed E-state index contributed by atoms with van der Waals surface area (Å²) in [6.07, 6.45) is 8.79. The van der Waals surface area contributed by atoms with Crippen LogP contribution in [0.25, 0.3) is 0 Å². The lowest BCUT2D eigenvalue weighted by molar-refractivity contribution is -0.0595. The molecule has 0 aliphatic carbocycles. The third-order valence-corrected chi connectivity index (χ3v) is 5.91. The van der Waals surface area contributed by atoms with Crippen LogP contribution < -0.4 is 4.74 Å². The molecule has 0 spiro atoms. The molecule has 2 aliphatic heterocycles. The number of aliphatic hydroxyl groups is 1. The highest BCUT2D eigenvalue weighted by Crippen LogP contribution is 2.46. The fourth-order valence-electron chi connectivity index (χ4n) is 4.60. The second-order valence-corrected chi connectivity index (χ2v) is 7.64. The average molecular weight is 365 g/mol. The van der Waals surface area contributed by atoms with Crippen LogP contribution in [0.15, 0.2) is 48.5 Å². The standard InChI is InChI=1S/C23H24FNO2/c1-2-13-27-22-11-3-17(4-12-22)16-25-20-9-10-21(25)15-23(26,14-20)18-5-7-19(24)8-6-18/h1,3-8,11-12,20-21,26H,9-10,13-16H2. The Hall–Kier alpha value is -2.35. The van der Waals surface area contributed by atoms with Crippen molar-refractivity contribution in [3.63, 3.8) is 0 Å². The fraction of sp³-hybridized carbons (Fsp3) is 0.391. The molecule has 1 N–H and O–H groups in total. The Bertz CT molecular complexity index is 811. The Labute approximate surface area is 159 Å². The van der Waals surface area contributed by atoms with Gasteiger partial charge in [0.05, 0.1) is 5.60 Å². The summed E-state index contributed by atoms with van der Waals surface area (Å²) >= 11 is 0. The molecule has 3 nitrogen and oxygen atoms in total. The van der Waals surface area contributed by atoms with Crippen LogP contribution >= 0.6 is 0 Å². The van der Waals surface area contributed by atoms with Crippen molar-refractivity contribution in [2.75, 3.05) is 6.61 Å². The van der Waals surface area contributed by atoms with Gasteiger partial charge in [-0.2, -0.15) is 0 Å². The first-order valence-corrected chi connectivity index (χ1v) is 9.47. The molecule has 2 aliphatic rings. The number of rotatable bonds is 5. The van der Waals surface area contributed by atoms with Crippen molar-refractivity contribution in [3.05, 3.63) is 65.5 Å². The van der Waals surface area contributed by atoms with Gasteiger partial charge in [-0.05, 0) is 61.1 Å². The largest absolute Gasteiger partial charge is 0.481 e. The molecule has 2 aromatic rings. The van der Waals surface area contributed by atoms with Crippen LogP contribution in [0.4, 0.5) is 4.39 Å². The highest BCUT2D eigenvalue weighted by Gasteiger charge is 2.48. The third-order valence-electron chi connectivity index (χ3n) is 5.91. The molecule has 4 heteroatoms. The van der Waals surface area contributed by atoms with E-state index >= 15 is 0 Å². The zero-order valence-corrected chi connectivity index (χ0v) is 15.3. The van der Waals surface area contributed by atoms with E-state index in [1.807, 2.05) is 12.1 Å². The van der Waals surface area contributed by atoms with Crippen molar-refractivity contribution >= 4 is 0 Å². The number of ether oxygens (including phenoxy) is 1. The van der Waals surface area contributed by atoms with Gasteiger partial charge in [0.1, 0.15) is 18.2 Å². The molecule has 2 saturated heterocycles. The summed E-state index contributed by atoms with van der Waals surface area (Å²) in [5, 5.41) is 11.2. The quantitative estimate of drug-likeness (QED) is 0.817. The van der Waals surface area contributed by atoms with Crippen molar-refractivity contribution in [2.24, 2.45) is 0 Å². The molecule has 27 heavy (non-hydrogen) atoms. The van der Waals surface area contributed by atoms with Crippen LogP contribution in [0.5, 0.6) is 5.75 Å². The van der Waals surface area contributed by atoms with Gasteiger partial charge in [-0.1, -0.05) is 30.2 Å². The maximum Gasteiger partial charge on any atom is 0.148 e. The minimum Gasteiger partial charge on any atom is -0.481 e. The zero-order chi connectivity index (χ0) is 18.9. The Morgan fingerprint density at radius 3 is 2.30 bits per heavy atom. The molecule has 0 saturated carbocycles. The molecule has 2 unspecified atom stereocenters. The summed E-state index contributed by atoms with van der Waals surface area (Å²) in [4.78, 5) is 2.51. The van der Waals surface area contributed by atoms with E-state index in [9.17, 15) is 9.50 Å². The molecule has 2 heterocycles. The number of fused-ring (bicyclic) bond motifs is 2. The summed E-state index contributed by atoms with van der Waals surface area (Å²) in [5.41, 5.74) is 1.20. The highest BCUT2D eigenvalue weighted by atomic mass is 19.1. The predicted octanol–water partition coefficient (Wildman–Crippen LogP) is 3.85. The summed E-state index contributed by atoms with van der Waals surface area (Å²) in [5.74, 6) is 2.98. The number of terminal acetylenes is 1. The first kappa shape index (κ1) is 18.0. The highest BCUT2D eigenvalue weighted by molar-refractivity contribution is 5.29. The summed E-state index contributed by atoms with van der Waals surface area (Å²) in [6, 6.07) is 15.1. The average Bonchev–Trinajstić information content (AvgIpc) is 2.91. The van der Waals surface area contributed by atoms with Crippen LogP contribution in [0.3, 0.4) is 0 Å². The van der Waals surface area contributed by atoms with E-state index in [0.29, 0.717) is 24.9 Å². The minimum atomic E-state index is -0.858. The Balaban J connectivity index is 1.45. The molecular formula is C23H24FNO2. The Kier molecular flexibility index (Phi) is 4.90. The minimum absolute atomic E-state index is 0.266. The maximum absolute atomic E-state index is 13.2. The van der Waals surface area contributed by atoms with E-state index < -0.39 is 5.60 Å². The van der Waals surface area contributed by atoms with E-state index in [4.69, 9.17) is 11.2 Å². The smallest absolute Gasteiger partial charge is 0.148 e. The molecule has 0 amide bonds. The van der Waals surface area contributed by atoms with Gasteiger partial charge in [-0.25, -0.2) is 4.39 Å². The van der Waals surface area contributed by atoms with E-state index in [1.165, 1.54) is 17.7 Å². The number of piperidine rings is 1. The van der Waals surface area contributed by atoms with Gasteiger partial charge in [0.25, 0.3) is 0 Å². The Morgan fingerprint density at radius 1 is 1.07 bits per heavy atom. The van der Waals surface area contributed by atoms with Gasteiger partial charge in [-0.3, -0.25) is 4.90 Å². The molecule has 2 atom stereocenters. The summed E-state index contributed by atoms with van der Waals surface area (Å²) in [7, 11) is 0. The van der Waals surface area contributed by atoms with Gasteiger partial charge < -0.3 is 9.84 Å². The van der Waals surface area contributed by atoms with Crippen molar-refractivity contribution in [2.45, 2.75) is 49.9 Å². The predicted molar refractivity (Wildman–Crippen MR) is 103 cm³/mol. The van der Waals surface area contributed by atoms with Crippen LogP contribution in [0.2, 0.25) is 0 Å². The second kappa shape index (κ2) is 7.34. The third kappa shape index (κ3) is 3.71. The molecule has 140 valence electrons. The van der Waals surface area contributed by atoms with Gasteiger partial charge in [0, 0.05) is 18.6 Å². The van der Waals surface area contributed by atoms with Crippen molar-refractivity contribution in [1.29, 1.82) is 0 Å². The van der Waals surface area contributed by atoms with E-state index in [0.717, 1.165) is 30.7 Å². The van der Waals surface area contributed by atoms with Crippen molar-refractivity contribution in [3.8, 4) is 18.1 Å².